The summed E-state index contributed by atoms with van der Waals surface area (Å²) in [5.41, 5.74) is 28.0. The van der Waals surface area contributed by atoms with E-state index in [0.29, 0.717) is 0 Å². The number of hydrogen-bond donors (Lipinski definition) is 0. The molecule has 0 aliphatic heterocycles. The molecule has 0 radical (unpaired) electrons. The predicted molar refractivity (Wildman–Crippen MR) is 246 cm³/mol. The molecule has 0 saturated carbocycles. The average Bonchev–Trinajstić information content (AvgIpc) is 4.15. The minimum Gasteiger partial charge on any atom is -0.0619 e. The van der Waals surface area contributed by atoms with Gasteiger partial charge in [0.05, 0.1) is 10.8 Å². The maximum Gasteiger partial charge on any atom is 0.0722 e. The Kier molecular flexibility index (Phi) is 6.25. The van der Waals surface area contributed by atoms with Gasteiger partial charge >= 0.3 is 0 Å². The van der Waals surface area contributed by atoms with Gasteiger partial charge in [-0.05, 0) is 122 Å². The zero-order valence-corrected chi connectivity index (χ0v) is 32.8. The highest BCUT2D eigenvalue weighted by Crippen LogP contribution is 2.69. The van der Waals surface area contributed by atoms with E-state index in [4.69, 9.17) is 0 Å². The highest BCUT2D eigenvalue weighted by Gasteiger charge is 2.58. The lowest BCUT2D eigenvalue weighted by Gasteiger charge is -2.39. The van der Waals surface area contributed by atoms with E-state index in [9.17, 15) is 0 Å². The molecular weight excluding hydrogens is 721 g/mol. The smallest absolute Gasteiger partial charge is 0.0619 e. The molecule has 0 atom stereocenters. The van der Waals surface area contributed by atoms with Crippen LogP contribution in [0.5, 0.6) is 0 Å². The monoisotopic (exact) mass is 756 g/mol. The Labute approximate surface area is 350 Å². The molecule has 8 aromatic rings. The maximum absolute atomic E-state index is 2.51. The van der Waals surface area contributed by atoms with E-state index in [-0.39, 0.29) is 0 Å². The summed E-state index contributed by atoms with van der Waals surface area (Å²) < 4.78 is 0. The molecule has 0 nitrogen and oxygen atoms in total. The third-order valence-corrected chi connectivity index (χ3v) is 14.5. The number of hydrogen-bond acceptors (Lipinski definition) is 0. The Balaban J connectivity index is 1.19. The van der Waals surface area contributed by atoms with Crippen LogP contribution in [0.1, 0.15) is 44.5 Å². The number of benzene rings is 8. The van der Waals surface area contributed by atoms with E-state index in [1.54, 1.807) is 0 Å². The first-order valence-corrected chi connectivity index (χ1v) is 21.2. The van der Waals surface area contributed by atoms with Crippen LogP contribution in [0.2, 0.25) is 0 Å². The standard InChI is InChI=1S/C60H36/c1-5-25-45-37(17-1)38-18-2-6-26-46(38)57(45)55-35-33-53(59(55)49-29-13-9-21-41(49)42-22-10-14-30-50(42)59)54-34-36-56(58-47-27-7-3-19-39(47)40-20-4-8-28-48(40)58)60(54)51-31-15-11-23-43(51)44-24-12-16-32-52(44)60/h1-36H. The van der Waals surface area contributed by atoms with Crippen molar-refractivity contribution >= 4 is 11.1 Å². The first-order valence-electron chi connectivity index (χ1n) is 21.2. The van der Waals surface area contributed by atoms with Crippen LogP contribution < -0.4 is 0 Å². The Bertz CT molecular complexity index is 3010. The summed E-state index contributed by atoms with van der Waals surface area (Å²) in [4.78, 5) is 0. The van der Waals surface area contributed by atoms with Gasteiger partial charge in [-0.1, -0.05) is 218 Å². The van der Waals surface area contributed by atoms with E-state index >= 15 is 0 Å². The Morgan fingerprint density at radius 3 is 0.650 bits per heavy atom. The first kappa shape index (κ1) is 32.4. The Hall–Kier alpha value is -7.54. The number of allylic oxidation sites excluding steroid dienone is 8. The molecule has 6 aliphatic rings. The summed E-state index contributed by atoms with van der Waals surface area (Å²) in [6.07, 6.45) is 10.0. The Morgan fingerprint density at radius 1 is 0.183 bits per heavy atom. The molecule has 0 saturated heterocycles. The van der Waals surface area contributed by atoms with Crippen molar-refractivity contribution in [2.24, 2.45) is 0 Å². The highest BCUT2D eigenvalue weighted by atomic mass is 14.6. The molecule has 0 unspecified atom stereocenters. The fourth-order valence-corrected chi connectivity index (χ4v) is 12.5. The van der Waals surface area contributed by atoms with Gasteiger partial charge in [-0.25, -0.2) is 0 Å². The van der Waals surface area contributed by atoms with Gasteiger partial charge in [0.2, 0.25) is 0 Å². The van der Waals surface area contributed by atoms with E-state index in [1.165, 1.54) is 122 Å². The lowest BCUT2D eigenvalue weighted by Crippen LogP contribution is -2.34. The second-order valence-electron chi connectivity index (χ2n) is 16.9. The molecule has 0 N–H and O–H groups in total. The third kappa shape index (κ3) is 3.71. The Morgan fingerprint density at radius 2 is 0.383 bits per heavy atom. The van der Waals surface area contributed by atoms with Gasteiger partial charge in [0, 0.05) is 0 Å². The summed E-state index contributed by atoms with van der Waals surface area (Å²) in [7, 11) is 0. The molecule has 60 heavy (non-hydrogen) atoms. The summed E-state index contributed by atoms with van der Waals surface area (Å²) in [6.45, 7) is 0. The van der Waals surface area contributed by atoms with Crippen LogP contribution in [-0.4, -0.2) is 0 Å². The fourth-order valence-electron chi connectivity index (χ4n) is 12.5. The molecule has 2 spiro atoms. The maximum atomic E-state index is 2.51. The third-order valence-electron chi connectivity index (χ3n) is 14.5. The topological polar surface area (TPSA) is 0 Å². The number of rotatable bonds is 0. The molecule has 14 rings (SSSR count). The van der Waals surface area contributed by atoms with Gasteiger partial charge in [-0.15, -0.1) is 0 Å². The zero-order valence-electron chi connectivity index (χ0n) is 32.8. The zero-order chi connectivity index (χ0) is 39.2. The van der Waals surface area contributed by atoms with Crippen molar-refractivity contribution in [3.05, 3.63) is 285 Å². The molecule has 0 bridgehead atoms. The molecule has 0 amide bonds. The van der Waals surface area contributed by atoms with E-state index in [0.717, 1.165) is 0 Å². The largest absolute Gasteiger partial charge is 0.0722 e. The molecule has 6 aliphatic carbocycles. The van der Waals surface area contributed by atoms with Gasteiger partial charge in [-0.3, -0.25) is 0 Å². The average molecular weight is 757 g/mol. The molecule has 8 aromatic carbocycles. The first-order chi connectivity index (χ1) is 29.8. The summed E-state index contributed by atoms with van der Waals surface area (Å²) >= 11 is 0. The molecular formula is C60H36. The van der Waals surface area contributed by atoms with Crippen LogP contribution >= 0.6 is 0 Å². The van der Waals surface area contributed by atoms with Crippen LogP contribution in [0, 0.1) is 0 Å². The highest BCUT2D eigenvalue weighted by molar-refractivity contribution is 6.08. The van der Waals surface area contributed by atoms with Crippen LogP contribution in [0.15, 0.2) is 241 Å². The van der Waals surface area contributed by atoms with Crippen molar-refractivity contribution in [2.75, 3.05) is 0 Å². The normalized spacial score (nSPS) is 18.1. The lowest BCUT2D eigenvalue weighted by atomic mass is 9.61. The van der Waals surface area contributed by atoms with Crippen molar-refractivity contribution in [1.29, 1.82) is 0 Å². The molecule has 0 fully saturated rings. The number of fused-ring (bicyclic) bond motifs is 16. The lowest BCUT2D eigenvalue weighted by molar-refractivity contribution is 0.726. The predicted octanol–water partition coefficient (Wildman–Crippen LogP) is 14.3. The van der Waals surface area contributed by atoms with E-state index in [1.807, 2.05) is 0 Å². The summed E-state index contributed by atoms with van der Waals surface area (Å²) in [6, 6.07) is 73.2. The van der Waals surface area contributed by atoms with Crippen LogP contribution in [-0.2, 0) is 10.8 Å². The molecule has 0 heteroatoms. The molecule has 0 heterocycles. The van der Waals surface area contributed by atoms with Crippen LogP contribution in [0.3, 0.4) is 0 Å². The fraction of sp³-hybridized carbons (Fsp3) is 0.0333. The summed E-state index contributed by atoms with van der Waals surface area (Å²) in [5.74, 6) is 0. The van der Waals surface area contributed by atoms with Crippen molar-refractivity contribution in [3.8, 4) is 44.5 Å². The van der Waals surface area contributed by atoms with Gasteiger partial charge in [-0.2, -0.15) is 0 Å². The van der Waals surface area contributed by atoms with E-state index < -0.39 is 10.8 Å². The van der Waals surface area contributed by atoms with Gasteiger partial charge in [0.1, 0.15) is 0 Å². The van der Waals surface area contributed by atoms with Crippen LogP contribution in [0.25, 0.3) is 55.7 Å². The van der Waals surface area contributed by atoms with Gasteiger partial charge in [0.25, 0.3) is 0 Å². The second-order valence-corrected chi connectivity index (χ2v) is 16.9. The van der Waals surface area contributed by atoms with Crippen molar-refractivity contribution in [1.82, 2.24) is 0 Å². The van der Waals surface area contributed by atoms with Gasteiger partial charge in [0.15, 0.2) is 0 Å². The van der Waals surface area contributed by atoms with Crippen molar-refractivity contribution in [2.45, 2.75) is 10.8 Å². The minimum absolute atomic E-state index is 0.585. The van der Waals surface area contributed by atoms with Crippen LogP contribution in [0.4, 0.5) is 0 Å². The van der Waals surface area contributed by atoms with Crippen molar-refractivity contribution in [3.63, 3.8) is 0 Å². The minimum atomic E-state index is -0.585. The second kappa shape index (κ2) is 11.6. The summed E-state index contributed by atoms with van der Waals surface area (Å²) in [5, 5.41) is 0. The SMILES string of the molecule is C1=CC(=C2C=CC(=C3c4ccccc4-c4ccccc43)C23c2ccccc2-c2ccccc23)C2(C1=C1c3ccccc3-c3ccccc31)c1ccccc1-c1ccccc12. The van der Waals surface area contributed by atoms with Crippen molar-refractivity contribution < 1.29 is 0 Å². The quantitative estimate of drug-likeness (QED) is 0.145. The molecule has 0 aromatic heterocycles. The van der Waals surface area contributed by atoms with Gasteiger partial charge < -0.3 is 0 Å². The van der Waals surface area contributed by atoms with E-state index in [2.05, 4.69) is 218 Å². The molecule has 276 valence electrons.